The van der Waals surface area contributed by atoms with Crippen LogP contribution in [0, 0.1) is 0 Å². The van der Waals surface area contributed by atoms with Gasteiger partial charge in [-0.3, -0.25) is 10.3 Å². The minimum Gasteiger partial charge on any atom is -0.507 e. The summed E-state index contributed by atoms with van der Waals surface area (Å²) in [4.78, 5) is 6.59. The summed E-state index contributed by atoms with van der Waals surface area (Å²) < 4.78 is 37.5. The smallest absolute Gasteiger partial charge is 0.419 e. The van der Waals surface area contributed by atoms with E-state index in [0.29, 0.717) is 18.7 Å². The first kappa shape index (κ1) is 17.1. The van der Waals surface area contributed by atoms with Gasteiger partial charge >= 0.3 is 6.18 Å². The van der Waals surface area contributed by atoms with Crippen LogP contribution in [0.1, 0.15) is 11.1 Å². The number of benzene rings is 1. The number of anilines is 1. The number of hydrogen-bond donors (Lipinski definition) is 2. The predicted octanol–water partition coefficient (Wildman–Crippen LogP) is 3.41. The summed E-state index contributed by atoms with van der Waals surface area (Å²) in [7, 11) is 0. The number of aromatic amines is 1. The molecule has 2 aromatic rings. The van der Waals surface area contributed by atoms with E-state index in [0.717, 1.165) is 12.3 Å². The molecule has 1 heterocycles. The van der Waals surface area contributed by atoms with Gasteiger partial charge in [0.25, 0.3) is 5.82 Å². The number of pyridine rings is 1. The first-order chi connectivity index (χ1) is 10.9. The third kappa shape index (κ3) is 4.85. The lowest BCUT2D eigenvalue weighted by Gasteiger charge is -2.06. The van der Waals surface area contributed by atoms with Crippen molar-refractivity contribution in [2.24, 2.45) is 4.99 Å². The fourth-order valence-corrected chi connectivity index (χ4v) is 2.01. The van der Waals surface area contributed by atoms with Gasteiger partial charge in [0.15, 0.2) is 0 Å². The van der Waals surface area contributed by atoms with Gasteiger partial charge in [0, 0.05) is 11.8 Å². The zero-order valence-electron chi connectivity index (χ0n) is 11.9. The molecule has 0 saturated heterocycles. The molecular weight excluding hydrogens is 331 g/mol. The molecule has 0 aliphatic carbocycles. The number of halogens is 4. The number of nitrogens with one attached hydrogen (secondary N) is 2. The van der Waals surface area contributed by atoms with E-state index < -0.39 is 11.7 Å². The second-order valence-corrected chi connectivity index (χ2v) is 5.04. The Hall–Kier alpha value is -2.28. The van der Waals surface area contributed by atoms with Crippen LogP contribution in [0.3, 0.4) is 0 Å². The maximum Gasteiger partial charge on any atom is 0.419 e. The van der Waals surface area contributed by atoms with Gasteiger partial charge in [-0.25, -0.2) is 4.98 Å². The third-order valence-electron chi connectivity index (χ3n) is 2.93. The van der Waals surface area contributed by atoms with Crippen molar-refractivity contribution in [2.45, 2.75) is 6.18 Å². The Labute approximate surface area is 135 Å². The van der Waals surface area contributed by atoms with Gasteiger partial charge in [-0.05, 0) is 18.2 Å². The minimum atomic E-state index is -4.44. The molecule has 2 rings (SSSR count). The fraction of sp³-hybridized carbons (Fsp3) is 0.200. The first-order valence-electron chi connectivity index (χ1n) is 6.68. The van der Waals surface area contributed by atoms with E-state index in [-0.39, 0.29) is 16.6 Å². The lowest BCUT2D eigenvalue weighted by molar-refractivity contribution is -0.364. The molecule has 8 heteroatoms. The molecule has 0 unspecified atom stereocenters. The number of phenols is 1. The molecule has 0 radical (unpaired) electrons. The molecule has 0 amide bonds. The summed E-state index contributed by atoms with van der Waals surface area (Å²) >= 11 is 5.80. The normalized spacial score (nSPS) is 11.8. The van der Waals surface area contributed by atoms with Crippen molar-refractivity contribution in [1.82, 2.24) is 0 Å². The number of aromatic hydroxyl groups is 1. The van der Waals surface area contributed by atoms with Crippen LogP contribution in [0.15, 0.2) is 41.5 Å². The summed E-state index contributed by atoms with van der Waals surface area (Å²) in [6.45, 7) is 0.727. The molecular formula is C15H14ClF3N3O+. The van der Waals surface area contributed by atoms with Crippen molar-refractivity contribution in [3.8, 4) is 5.75 Å². The van der Waals surface area contributed by atoms with Crippen molar-refractivity contribution in [1.29, 1.82) is 0 Å². The Morgan fingerprint density at radius 1 is 1.30 bits per heavy atom. The van der Waals surface area contributed by atoms with Gasteiger partial charge < -0.3 is 5.11 Å². The standard InChI is InChI=1S/C15H13ClF3N3O/c16-12-7-11(15(17,18)19)9-22-14(12)21-6-5-20-8-10-3-1-2-4-13(10)23/h1-4,7-9,23H,5-6H2,(H,21,22)/p+1. The molecule has 0 fully saturated rings. The Bertz CT molecular complexity index is 705. The highest BCUT2D eigenvalue weighted by Crippen LogP contribution is 2.30. The summed E-state index contributed by atoms with van der Waals surface area (Å²) in [5.74, 6) is 0.417. The number of phenolic OH excluding ortho intramolecular Hbond substituents is 1. The lowest BCUT2D eigenvalue weighted by atomic mass is 10.2. The molecule has 3 N–H and O–H groups in total. The summed E-state index contributed by atoms with van der Waals surface area (Å²) in [5, 5.41) is 12.4. The predicted molar refractivity (Wildman–Crippen MR) is 82.1 cm³/mol. The SMILES string of the molecule is Oc1ccccc1C=NCCNc1[nH+]cc(C(F)(F)F)cc1Cl. The molecule has 1 aromatic heterocycles. The zero-order valence-corrected chi connectivity index (χ0v) is 12.6. The van der Waals surface area contributed by atoms with Crippen molar-refractivity contribution in [3.63, 3.8) is 0 Å². The molecule has 0 aliphatic heterocycles. The summed E-state index contributed by atoms with van der Waals surface area (Å²) in [6, 6.07) is 7.60. The monoisotopic (exact) mass is 344 g/mol. The van der Waals surface area contributed by atoms with Gasteiger partial charge in [0.1, 0.15) is 23.5 Å². The van der Waals surface area contributed by atoms with E-state index in [1.54, 1.807) is 24.3 Å². The number of para-hydroxylation sites is 1. The van der Waals surface area contributed by atoms with E-state index in [2.05, 4.69) is 15.3 Å². The average Bonchev–Trinajstić information content (AvgIpc) is 2.49. The minimum absolute atomic E-state index is 0.0514. The zero-order chi connectivity index (χ0) is 16.9. The van der Waals surface area contributed by atoms with Crippen LogP contribution in [0.4, 0.5) is 19.0 Å². The second-order valence-electron chi connectivity index (χ2n) is 4.63. The quantitative estimate of drug-likeness (QED) is 0.645. The van der Waals surface area contributed by atoms with Crippen molar-refractivity contribution < 1.29 is 23.3 Å². The number of aliphatic imine (C=N–C) groups is 1. The molecule has 0 aliphatic rings. The van der Waals surface area contributed by atoms with Crippen molar-refractivity contribution in [2.75, 3.05) is 18.4 Å². The highest BCUT2D eigenvalue weighted by molar-refractivity contribution is 6.32. The molecule has 0 spiro atoms. The number of alkyl halides is 3. The molecule has 0 bridgehead atoms. The van der Waals surface area contributed by atoms with Crippen LogP contribution < -0.4 is 10.3 Å². The number of hydrogen-bond acceptors (Lipinski definition) is 3. The maximum atomic E-state index is 12.5. The Morgan fingerprint density at radius 3 is 2.70 bits per heavy atom. The molecule has 0 saturated carbocycles. The highest BCUT2D eigenvalue weighted by atomic mass is 35.5. The Balaban J connectivity index is 1.88. The molecule has 1 aromatic carbocycles. The number of aromatic nitrogens is 1. The van der Waals surface area contributed by atoms with Crippen LogP contribution >= 0.6 is 11.6 Å². The first-order valence-corrected chi connectivity index (χ1v) is 7.06. The second kappa shape index (κ2) is 7.32. The van der Waals surface area contributed by atoms with Gasteiger partial charge in [0.05, 0.1) is 12.1 Å². The van der Waals surface area contributed by atoms with E-state index >= 15 is 0 Å². The van der Waals surface area contributed by atoms with Crippen molar-refractivity contribution in [3.05, 3.63) is 52.7 Å². The molecule has 0 atom stereocenters. The van der Waals surface area contributed by atoms with Crippen LogP contribution in [0.5, 0.6) is 5.75 Å². The average molecular weight is 345 g/mol. The maximum absolute atomic E-state index is 12.5. The lowest BCUT2D eigenvalue weighted by Crippen LogP contribution is -2.19. The Morgan fingerprint density at radius 2 is 2.04 bits per heavy atom. The molecule has 4 nitrogen and oxygen atoms in total. The van der Waals surface area contributed by atoms with E-state index in [4.69, 9.17) is 11.6 Å². The van der Waals surface area contributed by atoms with E-state index in [1.165, 1.54) is 6.21 Å². The van der Waals surface area contributed by atoms with Crippen LogP contribution in [-0.4, -0.2) is 24.4 Å². The largest absolute Gasteiger partial charge is 0.507 e. The van der Waals surface area contributed by atoms with Crippen LogP contribution in [0.25, 0.3) is 0 Å². The number of rotatable bonds is 5. The van der Waals surface area contributed by atoms with Gasteiger partial charge in [-0.1, -0.05) is 23.7 Å². The van der Waals surface area contributed by atoms with Crippen molar-refractivity contribution >= 4 is 23.6 Å². The topological polar surface area (TPSA) is 58.8 Å². The van der Waals surface area contributed by atoms with Gasteiger partial charge in [-0.15, -0.1) is 0 Å². The number of nitrogens with zero attached hydrogens (tertiary/aromatic N) is 1. The Kier molecular flexibility index (Phi) is 5.44. The van der Waals surface area contributed by atoms with Crippen LogP contribution in [-0.2, 0) is 6.18 Å². The van der Waals surface area contributed by atoms with Gasteiger partial charge in [0.2, 0.25) is 0 Å². The fourth-order valence-electron chi connectivity index (χ4n) is 1.77. The molecule has 122 valence electrons. The third-order valence-corrected chi connectivity index (χ3v) is 3.23. The summed E-state index contributed by atoms with van der Waals surface area (Å²) in [5.41, 5.74) is -0.253. The highest BCUT2D eigenvalue weighted by Gasteiger charge is 2.32. The van der Waals surface area contributed by atoms with E-state index in [9.17, 15) is 18.3 Å². The number of H-pyrrole nitrogens is 1. The molecule has 23 heavy (non-hydrogen) atoms. The van der Waals surface area contributed by atoms with E-state index in [1.807, 2.05) is 0 Å². The summed E-state index contributed by atoms with van der Waals surface area (Å²) in [6.07, 6.45) is -2.07. The van der Waals surface area contributed by atoms with Crippen LogP contribution in [0.2, 0.25) is 5.02 Å². The van der Waals surface area contributed by atoms with Gasteiger partial charge in [-0.2, -0.15) is 13.2 Å².